The van der Waals surface area contributed by atoms with Gasteiger partial charge in [0.15, 0.2) is 5.17 Å². The molecule has 1 aromatic rings. The van der Waals surface area contributed by atoms with E-state index in [0.717, 1.165) is 42.6 Å². The van der Waals surface area contributed by atoms with Crippen LogP contribution in [0.1, 0.15) is 11.3 Å². The molecule has 21 heavy (non-hydrogen) atoms. The standard InChI is InChI=1S/C14H19N5OS/c1-10-11(9-18(3)16-10)8-12-13(20)15-14(21-12)19-6-4-17(2)5-7-19/h8-9H,4-7H2,1-3H3. The van der Waals surface area contributed by atoms with E-state index in [4.69, 9.17) is 0 Å². The van der Waals surface area contributed by atoms with Gasteiger partial charge < -0.3 is 9.80 Å². The Kier molecular flexibility index (Phi) is 3.86. The van der Waals surface area contributed by atoms with Crippen LogP contribution in [0.15, 0.2) is 16.1 Å². The number of piperazine rings is 1. The molecule has 1 fully saturated rings. The molecule has 2 aliphatic rings. The Morgan fingerprint density at radius 2 is 1.95 bits per heavy atom. The third kappa shape index (κ3) is 3.03. The summed E-state index contributed by atoms with van der Waals surface area (Å²) in [6.07, 6.45) is 3.81. The molecule has 0 radical (unpaired) electrons. The molecule has 0 aromatic carbocycles. The maximum Gasteiger partial charge on any atom is 0.286 e. The Balaban J connectivity index is 1.74. The van der Waals surface area contributed by atoms with Crippen molar-refractivity contribution in [2.45, 2.75) is 6.92 Å². The fourth-order valence-corrected chi connectivity index (χ4v) is 3.39. The lowest BCUT2D eigenvalue weighted by Gasteiger charge is -2.32. The average molecular weight is 305 g/mol. The molecule has 0 spiro atoms. The SMILES string of the molecule is Cc1nn(C)cc1C=C1SC(N2CCN(C)CC2)=NC1=O. The molecule has 112 valence electrons. The molecule has 1 saturated heterocycles. The third-order valence-corrected chi connectivity index (χ3v) is 4.77. The van der Waals surface area contributed by atoms with E-state index >= 15 is 0 Å². The van der Waals surface area contributed by atoms with Crippen molar-refractivity contribution in [2.24, 2.45) is 12.0 Å². The van der Waals surface area contributed by atoms with Gasteiger partial charge in [-0.05, 0) is 31.8 Å². The first kappa shape index (κ1) is 14.3. The first-order valence-corrected chi connectivity index (χ1v) is 7.81. The molecule has 0 N–H and O–H groups in total. The lowest BCUT2D eigenvalue weighted by molar-refractivity contribution is -0.113. The summed E-state index contributed by atoms with van der Waals surface area (Å²) >= 11 is 1.47. The minimum atomic E-state index is -0.141. The van der Waals surface area contributed by atoms with E-state index < -0.39 is 0 Å². The van der Waals surface area contributed by atoms with Gasteiger partial charge in [0.25, 0.3) is 5.91 Å². The Labute approximate surface area is 128 Å². The normalized spacial score (nSPS) is 22.2. The van der Waals surface area contributed by atoms with Crippen LogP contribution in [0.5, 0.6) is 0 Å². The van der Waals surface area contributed by atoms with Crippen molar-refractivity contribution in [2.75, 3.05) is 33.2 Å². The Morgan fingerprint density at radius 3 is 2.57 bits per heavy atom. The number of aryl methyl sites for hydroxylation is 2. The predicted molar refractivity (Wildman–Crippen MR) is 85.0 cm³/mol. The highest BCUT2D eigenvalue weighted by molar-refractivity contribution is 8.18. The van der Waals surface area contributed by atoms with E-state index in [1.54, 1.807) is 4.68 Å². The lowest BCUT2D eigenvalue weighted by atomic mass is 10.2. The third-order valence-electron chi connectivity index (χ3n) is 3.72. The molecule has 7 heteroatoms. The van der Waals surface area contributed by atoms with Gasteiger partial charge >= 0.3 is 0 Å². The summed E-state index contributed by atoms with van der Waals surface area (Å²) in [5.74, 6) is -0.141. The van der Waals surface area contributed by atoms with Crippen LogP contribution in [0.2, 0.25) is 0 Å². The van der Waals surface area contributed by atoms with Crippen LogP contribution >= 0.6 is 11.8 Å². The van der Waals surface area contributed by atoms with Gasteiger partial charge in [-0.25, -0.2) is 0 Å². The summed E-state index contributed by atoms with van der Waals surface area (Å²) in [7, 11) is 3.99. The number of carbonyl (C=O) groups is 1. The molecule has 0 saturated carbocycles. The Bertz CT molecular complexity index is 625. The van der Waals surface area contributed by atoms with Crippen molar-refractivity contribution in [3.8, 4) is 0 Å². The van der Waals surface area contributed by atoms with Gasteiger partial charge in [-0.2, -0.15) is 10.1 Å². The van der Waals surface area contributed by atoms with Gasteiger partial charge in [0, 0.05) is 45.0 Å². The highest BCUT2D eigenvalue weighted by atomic mass is 32.2. The van der Waals surface area contributed by atoms with Crippen molar-refractivity contribution in [1.29, 1.82) is 0 Å². The van der Waals surface area contributed by atoms with Crippen molar-refractivity contribution in [3.05, 3.63) is 22.4 Å². The van der Waals surface area contributed by atoms with E-state index in [9.17, 15) is 4.79 Å². The van der Waals surface area contributed by atoms with E-state index in [2.05, 4.69) is 26.9 Å². The first-order valence-electron chi connectivity index (χ1n) is 6.99. The topological polar surface area (TPSA) is 53.7 Å². The molecule has 3 heterocycles. The quantitative estimate of drug-likeness (QED) is 0.723. The molecule has 0 bridgehead atoms. The fraction of sp³-hybridized carbons (Fsp3) is 0.500. The van der Waals surface area contributed by atoms with E-state index in [-0.39, 0.29) is 5.91 Å². The molecule has 3 rings (SSSR count). The number of aliphatic imine (C=N–C) groups is 1. The van der Waals surface area contributed by atoms with Gasteiger partial charge in [-0.3, -0.25) is 9.48 Å². The van der Waals surface area contributed by atoms with Gasteiger partial charge in [0.1, 0.15) is 0 Å². The van der Waals surface area contributed by atoms with Crippen molar-refractivity contribution < 1.29 is 4.79 Å². The molecule has 2 aliphatic heterocycles. The van der Waals surface area contributed by atoms with Crippen molar-refractivity contribution in [1.82, 2.24) is 19.6 Å². The number of amidine groups is 1. The van der Waals surface area contributed by atoms with Gasteiger partial charge in [-0.15, -0.1) is 0 Å². The number of hydrogen-bond acceptors (Lipinski definition) is 5. The number of carbonyl (C=O) groups excluding carboxylic acids is 1. The smallest absolute Gasteiger partial charge is 0.286 e. The molecule has 1 amide bonds. The summed E-state index contributed by atoms with van der Waals surface area (Å²) in [6, 6.07) is 0. The monoisotopic (exact) mass is 305 g/mol. The zero-order valence-corrected chi connectivity index (χ0v) is 13.4. The molecular weight excluding hydrogens is 286 g/mol. The lowest BCUT2D eigenvalue weighted by Crippen LogP contribution is -2.46. The van der Waals surface area contributed by atoms with Gasteiger partial charge in [-0.1, -0.05) is 0 Å². The highest BCUT2D eigenvalue weighted by Gasteiger charge is 2.27. The Morgan fingerprint density at radius 1 is 1.24 bits per heavy atom. The molecule has 0 aliphatic carbocycles. The number of amides is 1. The van der Waals surface area contributed by atoms with Crippen LogP contribution in [0.3, 0.4) is 0 Å². The zero-order valence-electron chi connectivity index (χ0n) is 12.5. The highest BCUT2D eigenvalue weighted by Crippen LogP contribution is 2.30. The maximum absolute atomic E-state index is 12.1. The van der Waals surface area contributed by atoms with Crippen LogP contribution in [-0.2, 0) is 11.8 Å². The number of aromatic nitrogens is 2. The van der Waals surface area contributed by atoms with Crippen LogP contribution in [0.4, 0.5) is 0 Å². The van der Waals surface area contributed by atoms with Gasteiger partial charge in [0.2, 0.25) is 0 Å². The first-order chi connectivity index (χ1) is 10.0. The predicted octanol–water partition coefficient (Wildman–Crippen LogP) is 0.946. The minimum Gasteiger partial charge on any atom is -0.348 e. The second-order valence-corrected chi connectivity index (χ2v) is 6.45. The number of thioether (sulfide) groups is 1. The van der Waals surface area contributed by atoms with Crippen LogP contribution in [-0.4, -0.2) is 63.9 Å². The van der Waals surface area contributed by atoms with Crippen LogP contribution < -0.4 is 0 Å². The Hall–Kier alpha value is -1.60. The molecule has 0 atom stereocenters. The zero-order chi connectivity index (χ0) is 15.0. The van der Waals surface area contributed by atoms with Crippen LogP contribution in [0, 0.1) is 6.92 Å². The summed E-state index contributed by atoms with van der Waals surface area (Å²) < 4.78 is 1.76. The maximum atomic E-state index is 12.1. The van der Waals surface area contributed by atoms with Gasteiger partial charge in [0.05, 0.1) is 10.6 Å². The van der Waals surface area contributed by atoms with Crippen LogP contribution in [0.25, 0.3) is 6.08 Å². The number of nitrogens with zero attached hydrogens (tertiary/aromatic N) is 5. The largest absolute Gasteiger partial charge is 0.348 e. The van der Waals surface area contributed by atoms with Crippen molar-refractivity contribution >= 4 is 28.9 Å². The van der Waals surface area contributed by atoms with E-state index in [1.807, 2.05) is 26.2 Å². The summed E-state index contributed by atoms with van der Waals surface area (Å²) in [5, 5.41) is 5.13. The average Bonchev–Trinajstić information content (AvgIpc) is 2.94. The fourth-order valence-electron chi connectivity index (χ4n) is 2.43. The second kappa shape index (κ2) is 5.65. The number of likely N-dealkylation sites (N-methyl/N-ethyl adjacent to an activating group) is 1. The number of hydrogen-bond donors (Lipinski definition) is 0. The number of rotatable bonds is 1. The summed E-state index contributed by atoms with van der Waals surface area (Å²) in [4.78, 5) is 21.4. The minimum absolute atomic E-state index is 0.141. The summed E-state index contributed by atoms with van der Waals surface area (Å²) in [5.41, 5.74) is 1.90. The molecule has 6 nitrogen and oxygen atoms in total. The molecule has 0 unspecified atom stereocenters. The molecular formula is C14H19N5OS. The molecule has 1 aromatic heterocycles. The van der Waals surface area contributed by atoms with E-state index in [0.29, 0.717) is 4.91 Å². The second-order valence-electron chi connectivity index (χ2n) is 5.44. The van der Waals surface area contributed by atoms with Crippen molar-refractivity contribution in [3.63, 3.8) is 0 Å². The summed E-state index contributed by atoms with van der Waals surface area (Å²) in [6.45, 7) is 5.81. The van der Waals surface area contributed by atoms with E-state index in [1.165, 1.54) is 11.8 Å².